The molecule has 0 spiro atoms. The van der Waals surface area contributed by atoms with Crippen molar-refractivity contribution in [2.75, 3.05) is 11.4 Å². The van der Waals surface area contributed by atoms with Crippen LogP contribution in [0.2, 0.25) is 0 Å². The van der Waals surface area contributed by atoms with Gasteiger partial charge in [-0.25, -0.2) is 4.98 Å². The summed E-state index contributed by atoms with van der Waals surface area (Å²) in [6.45, 7) is 2.71. The molecule has 4 rings (SSSR count). The number of thiazole rings is 1. The number of nitrogens with zero attached hydrogens (tertiary/aromatic N) is 2. The second-order valence-electron chi connectivity index (χ2n) is 5.60. The predicted octanol–water partition coefficient (Wildman–Crippen LogP) is 4.77. The highest BCUT2D eigenvalue weighted by atomic mass is 32.1. The van der Waals surface area contributed by atoms with Gasteiger partial charge in [0.1, 0.15) is 9.88 Å². The Balaban J connectivity index is 1.71. The quantitative estimate of drug-likeness (QED) is 0.673. The lowest BCUT2D eigenvalue weighted by Gasteiger charge is -2.29. The van der Waals surface area contributed by atoms with E-state index in [0.717, 1.165) is 45.5 Å². The molecule has 1 amide bonds. The predicted molar refractivity (Wildman–Crippen MR) is 96.6 cm³/mol. The van der Waals surface area contributed by atoms with Gasteiger partial charge in [-0.2, -0.15) is 0 Å². The lowest BCUT2D eigenvalue weighted by molar-refractivity contribution is 0.0988. The number of fused-ring (bicyclic) bond motifs is 1. The van der Waals surface area contributed by atoms with E-state index < -0.39 is 0 Å². The number of rotatable bonds is 2. The minimum absolute atomic E-state index is 0.0787. The van der Waals surface area contributed by atoms with E-state index in [-0.39, 0.29) is 5.91 Å². The normalized spacial score (nSPS) is 13.9. The number of thiophene rings is 1. The van der Waals surface area contributed by atoms with Crippen molar-refractivity contribution >= 4 is 34.3 Å². The molecule has 0 bridgehead atoms. The van der Waals surface area contributed by atoms with Crippen LogP contribution in [0.15, 0.2) is 41.8 Å². The second-order valence-corrected chi connectivity index (χ2v) is 7.55. The Morgan fingerprint density at radius 2 is 2.09 bits per heavy atom. The maximum Gasteiger partial charge on any atom is 0.270 e. The van der Waals surface area contributed by atoms with Crippen LogP contribution in [-0.4, -0.2) is 17.4 Å². The van der Waals surface area contributed by atoms with Gasteiger partial charge in [-0.3, -0.25) is 4.79 Å². The zero-order chi connectivity index (χ0) is 15.8. The molecule has 0 saturated carbocycles. The van der Waals surface area contributed by atoms with Gasteiger partial charge in [-0.1, -0.05) is 24.3 Å². The second kappa shape index (κ2) is 5.91. The molecule has 0 fully saturated rings. The van der Waals surface area contributed by atoms with Crippen molar-refractivity contribution in [2.24, 2.45) is 0 Å². The fourth-order valence-corrected chi connectivity index (χ4v) is 4.78. The molecule has 1 aromatic carbocycles. The number of aryl methyl sites for hydroxylation is 2. The molecule has 0 saturated heterocycles. The smallest absolute Gasteiger partial charge is 0.270 e. The summed E-state index contributed by atoms with van der Waals surface area (Å²) < 4.78 is 0. The lowest BCUT2D eigenvalue weighted by atomic mass is 10.0. The molecule has 0 unspecified atom stereocenters. The summed E-state index contributed by atoms with van der Waals surface area (Å²) in [5, 5.41) is 2.97. The molecule has 2 aromatic heterocycles. The Morgan fingerprint density at radius 1 is 1.22 bits per heavy atom. The zero-order valence-electron chi connectivity index (χ0n) is 12.8. The third-order valence-electron chi connectivity index (χ3n) is 4.08. The molecule has 3 heterocycles. The van der Waals surface area contributed by atoms with Crippen LogP contribution in [0.25, 0.3) is 9.88 Å². The molecular weight excluding hydrogens is 324 g/mol. The Kier molecular flexibility index (Phi) is 3.75. The Morgan fingerprint density at radius 3 is 2.91 bits per heavy atom. The molecule has 116 valence electrons. The summed E-state index contributed by atoms with van der Waals surface area (Å²) in [6, 6.07) is 12.3. The number of carbonyl (C=O) groups is 1. The highest BCUT2D eigenvalue weighted by Crippen LogP contribution is 2.34. The van der Waals surface area contributed by atoms with E-state index in [4.69, 9.17) is 0 Å². The van der Waals surface area contributed by atoms with Gasteiger partial charge in [0.05, 0.1) is 10.6 Å². The monoisotopic (exact) mass is 340 g/mol. The fourth-order valence-electron chi connectivity index (χ4n) is 2.97. The van der Waals surface area contributed by atoms with Crippen LogP contribution in [0.3, 0.4) is 0 Å². The third kappa shape index (κ3) is 2.60. The van der Waals surface area contributed by atoms with E-state index in [9.17, 15) is 4.79 Å². The van der Waals surface area contributed by atoms with E-state index in [2.05, 4.69) is 11.1 Å². The van der Waals surface area contributed by atoms with Gasteiger partial charge < -0.3 is 4.90 Å². The molecule has 0 N–H and O–H groups in total. The van der Waals surface area contributed by atoms with Crippen LogP contribution in [0, 0.1) is 6.92 Å². The molecular formula is C18H16N2OS2. The topological polar surface area (TPSA) is 33.2 Å². The number of anilines is 1. The molecule has 1 aliphatic heterocycles. The SMILES string of the molecule is Cc1nc(-c2cccs2)sc1C(=O)N1CCCc2ccccc21. The summed E-state index contributed by atoms with van der Waals surface area (Å²) in [6.07, 6.45) is 2.06. The number of hydrogen-bond acceptors (Lipinski definition) is 4. The van der Waals surface area contributed by atoms with Crippen molar-refractivity contribution < 1.29 is 4.79 Å². The van der Waals surface area contributed by atoms with Crippen LogP contribution in [0.1, 0.15) is 27.3 Å². The number of benzene rings is 1. The first-order valence-corrected chi connectivity index (χ1v) is 9.35. The van der Waals surface area contributed by atoms with Crippen molar-refractivity contribution in [1.82, 2.24) is 4.98 Å². The van der Waals surface area contributed by atoms with Gasteiger partial charge in [-0.05, 0) is 42.8 Å². The van der Waals surface area contributed by atoms with E-state index >= 15 is 0 Å². The zero-order valence-corrected chi connectivity index (χ0v) is 14.4. The van der Waals surface area contributed by atoms with Crippen molar-refractivity contribution in [3.05, 3.63) is 57.9 Å². The van der Waals surface area contributed by atoms with Crippen molar-refractivity contribution in [3.8, 4) is 9.88 Å². The molecule has 0 atom stereocenters. The van der Waals surface area contributed by atoms with Crippen LogP contribution in [0.4, 0.5) is 5.69 Å². The van der Waals surface area contributed by atoms with Crippen LogP contribution in [-0.2, 0) is 6.42 Å². The average molecular weight is 340 g/mol. The van der Waals surface area contributed by atoms with Gasteiger partial charge in [-0.15, -0.1) is 22.7 Å². The van der Waals surface area contributed by atoms with Gasteiger partial charge in [0.2, 0.25) is 0 Å². The lowest BCUT2D eigenvalue weighted by Crippen LogP contribution is -2.35. The first-order chi connectivity index (χ1) is 11.2. The van der Waals surface area contributed by atoms with Crippen LogP contribution >= 0.6 is 22.7 Å². The van der Waals surface area contributed by atoms with Crippen molar-refractivity contribution in [3.63, 3.8) is 0 Å². The number of carbonyl (C=O) groups excluding carboxylic acids is 1. The summed E-state index contributed by atoms with van der Waals surface area (Å²) in [5.41, 5.74) is 3.13. The van der Waals surface area contributed by atoms with Crippen LogP contribution < -0.4 is 4.90 Å². The average Bonchev–Trinajstić information content (AvgIpc) is 3.23. The summed E-state index contributed by atoms with van der Waals surface area (Å²) in [7, 11) is 0. The summed E-state index contributed by atoms with van der Waals surface area (Å²) in [5.74, 6) is 0.0787. The van der Waals surface area contributed by atoms with E-state index in [1.807, 2.05) is 47.5 Å². The molecule has 1 aliphatic rings. The standard InChI is InChI=1S/C18H16N2OS2/c1-12-16(23-17(19-12)15-9-5-11-22-15)18(21)20-10-4-7-13-6-2-3-8-14(13)20/h2-3,5-6,8-9,11H,4,7,10H2,1H3. The molecule has 0 aliphatic carbocycles. The summed E-state index contributed by atoms with van der Waals surface area (Å²) >= 11 is 3.16. The number of para-hydroxylation sites is 1. The number of hydrogen-bond donors (Lipinski definition) is 0. The molecule has 23 heavy (non-hydrogen) atoms. The van der Waals surface area contributed by atoms with E-state index in [0.29, 0.717) is 0 Å². The Labute approximate surface area is 143 Å². The first-order valence-electron chi connectivity index (χ1n) is 7.65. The number of amides is 1. The fraction of sp³-hybridized carbons (Fsp3) is 0.222. The maximum absolute atomic E-state index is 13.1. The highest BCUT2D eigenvalue weighted by Gasteiger charge is 2.26. The largest absolute Gasteiger partial charge is 0.307 e. The Hall–Kier alpha value is -1.98. The summed E-state index contributed by atoms with van der Waals surface area (Å²) in [4.78, 5) is 21.5. The number of aromatic nitrogens is 1. The van der Waals surface area contributed by atoms with Crippen molar-refractivity contribution in [2.45, 2.75) is 19.8 Å². The third-order valence-corrected chi connectivity index (χ3v) is 6.26. The molecule has 3 aromatic rings. The van der Waals surface area contributed by atoms with Gasteiger partial charge in [0.25, 0.3) is 5.91 Å². The maximum atomic E-state index is 13.1. The molecule has 0 radical (unpaired) electrons. The minimum Gasteiger partial charge on any atom is -0.307 e. The van der Waals surface area contributed by atoms with E-state index in [1.165, 1.54) is 16.9 Å². The van der Waals surface area contributed by atoms with E-state index in [1.54, 1.807) is 11.3 Å². The highest BCUT2D eigenvalue weighted by molar-refractivity contribution is 7.22. The van der Waals surface area contributed by atoms with Crippen LogP contribution in [0.5, 0.6) is 0 Å². The minimum atomic E-state index is 0.0787. The van der Waals surface area contributed by atoms with Crippen molar-refractivity contribution in [1.29, 1.82) is 0 Å². The van der Waals surface area contributed by atoms with Gasteiger partial charge in [0, 0.05) is 12.2 Å². The first kappa shape index (κ1) is 14.6. The van der Waals surface area contributed by atoms with Gasteiger partial charge in [0.15, 0.2) is 0 Å². The molecule has 3 nitrogen and oxygen atoms in total. The van der Waals surface area contributed by atoms with Gasteiger partial charge >= 0.3 is 0 Å². The Bertz CT molecular complexity index is 852. The molecule has 5 heteroatoms.